The molecule has 0 spiro atoms. The van der Waals surface area contributed by atoms with Crippen LogP contribution in [-0.4, -0.2) is 29.0 Å². The quantitative estimate of drug-likeness (QED) is 0.769. The minimum absolute atomic E-state index is 0.105. The minimum atomic E-state index is -0.105. The van der Waals surface area contributed by atoms with Crippen molar-refractivity contribution in [3.05, 3.63) is 65.0 Å². The zero-order valence-electron chi connectivity index (χ0n) is 15.8. The van der Waals surface area contributed by atoms with E-state index in [4.69, 9.17) is 0 Å². The van der Waals surface area contributed by atoms with Gasteiger partial charge in [-0.3, -0.25) is 9.78 Å². The predicted molar refractivity (Wildman–Crippen MR) is 108 cm³/mol. The summed E-state index contributed by atoms with van der Waals surface area (Å²) in [5.74, 6) is 0.916. The van der Waals surface area contributed by atoms with Gasteiger partial charge in [0.1, 0.15) is 5.82 Å². The van der Waals surface area contributed by atoms with Crippen LogP contribution in [0.25, 0.3) is 10.9 Å². The van der Waals surface area contributed by atoms with E-state index in [2.05, 4.69) is 26.3 Å². The summed E-state index contributed by atoms with van der Waals surface area (Å²) in [6.45, 7) is 6.53. The fourth-order valence-electron chi connectivity index (χ4n) is 3.55. The normalized spacial score (nSPS) is 13.9. The molecule has 27 heavy (non-hydrogen) atoms. The van der Waals surface area contributed by atoms with Crippen LogP contribution in [0, 0.1) is 13.8 Å². The summed E-state index contributed by atoms with van der Waals surface area (Å²) in [6, 6.07) is 12.1. The van der Waals surface area contributed by atoms with E-state index < -0.39 is 0 Å². The zero-order chi connectivity index (χ0) is 18.8. The molecule has 5 heteroatoms. The zero-order valence-corrected chi connectivity index (χ0v) is 15.8. The number of hydrogen-bond donors (Lipinski definition) is 1. The van der Waals surface area contributed by atoms with E-state index >= 15 is 0 Å². The highest BCUT2D eigenvalue weighted by molar-refractivity contribution is 5.98. The number of fused-ring (bicyclic) bond motifs is 1. The number of carbonyl (C=O) groups excluding carboxylic acids is 1. The van der Waals surface area contributed by atoms with E-state index in [1.165, 1.54) is 12.8 Å². The molecule has 0 aliphatic carbocycles. The summed E-state index contributed by atoms with van der Waals surface area (Å²) in [5, 5.41) is 3.98. The number of rotatable bonds is 4. The van der Waals surface area contributed by atoms with Gasteiger partial charge in [0, 0.05) is 31.2 Å². The molecule has 1 N–H and O–H groups in total. The number of anilines is 1. The van der Waals surface area contributed by atoms with Crippen LogP contribution in [0.1, 0.15) is 40.0 Å². The fourth-order valence-corrected chi connectivity index (χ4v) is 3.55. The molecule has 3 aromatic rings. The first-order valence-corrected chi connectivity index (χ1v) is 9.46. The highest BCUT2D eigenvalue weighted by Crippen LogP contribution is 2.19. The third kappa shape index (κ3) is 3.77. The molecule has 3 heterocycles. The average Bonchev–Trinajstić information content (AvgIpc) is 3.21. The number of pyridine rings is 2. The predicted octanol–water partition coefficient (Wildman–Crippen LogP) is 3.78. The molecule has 0 radical (unpaired) electrons. The third-order valence-corrected chi connectivity index (χ3v) is 5.10. The van der Waals surface area contributed by atoms with Crippen molar-refractivity contribution in [2.24, 2.45) is 0 Å². The molecule has 0 bridgehead atoms. The lowest BCUT2D eigenvalue weighted by molar-refractivity contribution is 0.0950. The van der Waals surface area contributed by atoms with Crippen molar-refractivity contribution in [3.63, 3.8) is 0 Å². The van der Waals surface area contributed by atoms with E-state index in [0.717, 1.165) is 46.6 Å². The summed E-state index contributed by atoms with van der Waals surface area (Å²) in [7, 11) is 0. The van der Waals surface area contributed by atoms with Crippen molar-refractivity contribution < 1.29 is 4.79 Å². The molecule has 2 aromatic heterocycles. The number of aryl methyl sites for hydroxylation is 2. The van der Waals surface area contributed by atoms with Crippen molar-refractivity contribution in [3.8, 4) is 0 Å². The second-order valence-electron chi connectivity index (χ2n) is 7.22. The van der Waals surface area contributed by atoms with Gasteiger partial charge in [0.05, 0.1) is 16.8 Å². The van der Waals surface area contributed by atoms with Crippen molar-refractivity contribution in [2.75, 3.05) is 18.0 Å². The average molecular weight is 360 g/mol. The number of nitrogens with one attached hydrogen (secondary N) is 1. The topological polar surface area (TPSA) is 58.1 Å². The second kappa shape index (κ2) is 7.35. The van der Waals surface area contributed by atoms with Crippen molar-refractivity contribution in [1.29, 1.82) is 0 Å². The lowest BCUT2D eigenvalue weighted by atomic mass is 10.1. The molecule has 1 aliphatic heterocycles. The Morgan fingerprint density at radius 3 is 2.67 bits per heavy atom. The van der Waals surface area contributed by atoms with E-state index in [1.54, 1.807) is 0 Å². The Bertz CT molecular complexity index is 976. The highest BCUT2D eigenvalue weighted by atomic mass is 16.1. The van der Waals surface area contributed by atoms with E-state index in [-0.39, 0.29) is 5.91 Å². The highest BCUT2D eigenvalue weighted by Gasteiger charge is 2.14. The first-order chi connectivity index (χ1) is 13.1. The largest absolute Gasteiger partial charge is 0.357 e. The molecular weight excluding hydrogens is 336 g/mol. The van der Waals surface area contributed by atoms with Crippen LogP contribution in [0.5, 0.6) is 0 Å². The van der Waals surface area contributed by atoms with Crippen LogP contribution in [0.15, 0.2) is 42.6 Å². The Morgan fingerprint density at radius 2 is 1.93 bits per heavy atom. The van der Waals surface area contributed by atoms with Gasteiger partial charge in [0.25, 0.3) is 5.91 Å². The van der Waals surface area contributed by atoms with Crippen molar-refractivity contribution >= 4 is 22.6 Å². The van der Waals surface area contributed by atoms with E-state index in [0.29, 0.717) is 12.1 Å². The molecular formula is C22H24N4O. The van der Waals surface area contributed by atoms with Gasteiger partial charge in [-0.05, 0) is 56.5 Å². The van der Waals surface area contributed by atoms with Crippen molar-refractivity contribution in [2.45, 2.75) is 33.2 Å². The molecule has 1 aromatic carbocycles. The molecule has 1 saturated heterocycles. The number of benzene rings is 1. The minimum Gasteiger partial charge on any atom is -0.357 e. The van der Waals surface area contributed by atoms with Crippen LogP contribution in [0.3, 0.4) is 0 Å². The Labute approximate surface area is 159 Å². The van der Waals surface area contributed by atoms with Crippen LogP contribution in [0.4, 0.5) is 5.82 Å². The van der Waals surface area contributed by atoms with Gasteiger partial charge < -0.3 is 10.2 Å². The molecule has 5 nitrogen and oxygen atoms in total. The smallest absolute Gasteiger partial charge is 0.253 e. The number of aromatic nitrogens is 2. The standard InChI is InChI=1S/C22H24N4O/c1-15-5-7-20-18(11-15)12-19(16(2)25-20)22(27)24-14-17-6-8-21(23-13-17)26-9-3-4-10-26/h5-8,11-13H,3-4,9-10,14H2,1-2H3,(H,24,27). The van der Waals surface area contributed by atoms with Crippen LogP contribution < -0.4 is 10.2 Å². The van der Waals surface area contributed by atoms with Crippen LogP contribution in [-0.2, 0) is 6.54 Å². The number of amides is 1. The first-order valence-electron chi connectivity index (χ1n) is 9.46. The molecule has 1 fully saturated rings. The molecule has 4 rings (SSSR count). The Morgan fingerprint density at radius 1 is 1.11 bits per heavy atom. The van der Waals surface area contributed by atoms with Gasteiger partial charge >= 0.3 is 0 Å². The molecule has 138 valence electrons. The lowest BCUT2D eigenvalue weighted by Gasteiger charge is -2.16. The number of hydrogen-bond acceptors (Lipinski definition) is 4. The Balaban J connectivity index is 1.46. The van der Waals surface area contributed by atoms with Gasteiger partial charge in [-0.15, -0.1) is 0 Å². The Kier molecular flexibility index (Phi) is 4.75. The maximum Gasteiger partial charge on any atom is 0.253 e. The monoisotopic (exact) mass is 360 g/mol. The summed E-state index contributed by atoms with van der Waals surface area (Å²) >= 11 is 0. The second-order valence-corrected chi connectivity index (χ2v) is 7.22. The summed E-state index contributed by atoms with van der Waals surface area (Å²) in [4.78, 5) is 24.1. The van der Waals surface area contributed by atoms with Gasteiger partial charge in [-0.25, -0.2) is 4.98 Å². The van der Waals surface area contributed by atoms with Crippen molar-refractivity contribution in [1.82, 2.24) is 15.3 Å². The number of carbonyl (C=O) groups is 1. The fraction of sp³-hybridized carbons (Fsp3) is 0.318. The molecule has 0 atom stereocenters. The maximum absolute atomic E-state index is 12.7. The van der Waals surface area contributed by atoms with Gasteiger partial charge in [0.2, 0.25) is 0 Å². The van der Waals surface area contributed by atoms with Gasteiger partial charge in [-0.2, -0.15) is 0 Å². The molecule has 1 amide bonds. The molecule has 1 aliphatic rings. The Hall–Kier alpha value is -2.95. The summed E-state index contributed by atoms with van der Waals surface area (Å²) in [6.07, 6.45) is 4.32. The summed E-state index contributed by atoms with van der Waals surface area (Å²) < 4.78 is 0. The number of nitrogens with zero attached hydrogens (tertiary/aromatic N) is 3. The van der Waals surface area contributed by atoms with E-state index in [1.807, 2.05) is 50.4 Å². The van der Waals surface area contributed by atoms with Gasteiger partial charge in [0.15, 0.2) is 0 Å². The third-order valence-electron chi connectivity index (χ3n) is 5.10. The maximum atomic E-state index is 12.7. The SMILES string of the molecule is Cc1ccc2nc(C)c(C(=O)NCc3ccc(N4CCCC4)nc3)cc2c1. The summed E-state index contributed by atoms with van der Waals surface area (Å²) in [5.41, 5.74) is 4.43. The van der Waals surface area contributed by atoms with Crippen LogP contribution >= 0.6 is 0 Å². The molecule has 0 unspecified atom stereocenters. The first kappa shape index (κ1) is 17.5. The lowest BCUT2D eigenvalue weighted by Crippen LogP contribution is -2.24. The van der Waals surface area contributed by atoms with Crippen LogP contribution in [0.2, 0.25) is 0 Å². The van der Waals surface area contributed by atoms with Gasteiger partial charge in [-0.1, -0.05) is 17.7 Å². The van der Waals surface area contributed by atoms with E-state index in [9.17, 15) is 4.79 Å². The molecule has 0 saturated carbocycles.